The maximum atomic E-state index is 14.9. The molecule has 0 aromatic heterocycles. The first-order chi connectivity index (χ1) is 22.2. The number of carbonyl (C=O) groups is 2. The quantitative estimate of drug-likeness (QED) is 0.359. The number of hydrogen-bond donors (Lipinski definition) is 0. The van der Waals surface area contributed by atoms with Crippen molar-refractivity contribution in [2.45, 2.75) is 36.3 Å². The van der Waals surface area contributed by atoms with E-state index >= 15 is 0 Å². The van der Waals surface area contributed by atoms with E-state index in [4.69, 9.17) is 14.2 Å². The predicted octanol–water partition coefficient (Wildman–Crippen LogP) is 3.92. The van der Waals surface area contributed by atoms with Gasteiger partial charge in [0.2, 0.25) is 5.60 Å². The average molecular weight is 649 g/mol. The second kappa shape index (κ2) is 12.9. The number of piperazine rings is 1. The Morgan fingerprint density at radius 2 is 1.57 bits per heavy atom. The number of ether oxygens (including phenoxy) is 3. The van der Waals surface area contributed by atoms with Crippen molar-refractivity contribution in [3.05, 3.63) is 83.9 Å². The molecule has 46 heavy (non-hydrogen) atoms. The fourth-order valence-corrected chi connectivity index (χ4v) is 8.16. The number of rotatable bonds is 8. The van der Waals surface area contributed by atoms with Crippen LogP contribution in [-0.4, -0.2) is 101 Å². The fraction of sp³-hybridized carbons (Fsp3) is 0.412. The number of piperidine rings is 1. The maximum Gasteiger partial charge on any atom is 0.411 e. The number of amides is 2. The van der Waals surface area contributed by atoms with Crippen LogP contribution in [0.3, 0.4) is 0 Å². The van der Waals surface area contributed by atoms with Crippen molar-refractivity contribution in [2.75, 3.05) is 64.3 Å². The van der Waals surface area contributed by atoms with E-state index in [-0.39, 0.29) is 28.3 Å². The van der Waals surface area contributed by atoms with Gasteiger partial charge in [-0.1, -0.05) is 36.4 Å². The Morgan fingerprint density at radius 3 is 2.24 bits per heavy atom. The van der Waals surface area contributed by atoms with Crippen molar-refractivity contribution < 1.29 is 32.2 Å². The number of benzene rings is 3. The lowest BCUT2D eigenvalue weighted by Gasteiger charge is -2.42. The van der Waals surface area contributed by atoms with Crippen molar-refractivity contribution in [3.8, 4) is 11.5 Å². The monoisotopic (exact) mass is 648 g/mol. The number of para-hydroxylation sites is 1. The minimum Gasteiger partial charge on any atom is -0.497 e. The molecular weight excluding hydrogens is 608 g/mol. The predicted molar refractivity (Wildman–Crippen MR) is 173 cm³/mol. The van der Waals surface area contributed by atoms with Gasteiger partial charge in [-0.15, -0.1) is 0 Å². The van der Waals surface area contributed by atoms with E-state index in [2.05, 4.69) is 16.8 Å². The Labute approximate surface area is 270 Å². The van der Waals surface area contributed by atoms with E-state index in [1.807, 2.05) is 0 Å². The van der Waals surface area contributed by atoms with Crippen molar-refractivity contribution >= 4 is 27.7 Å². The second-order valence-corrected chi connectivity index (χ2v) is 13.6. The molecule has 0 saturated carbocycles. The molecule has 2 saturated heterocycles. The SMILES string of the molecule is CCOc1ccccc1C1(OC(=O)N2CCN(C3CCN(C)CC3)CC2)C(=O)N(S(=O)(=O)c2ccccc2)c2ccc(OC)cc21. The molecule has 0 bridgehead atoms. The molecule has 6 rings (SSSR count). The first-order valence-electron chi connectivity index (χ1n) is 15.7. The van der Waals surface area contributed by atoms with Crippen LogP contribution in [0.2, 0.25) is 0 Å². The van der Waals surface area contributed by atoms with Gasteiger partial charge in [-0.3, -0.25) is 9.69 Å². The Kier molecular flexibility index (Phi) is 8.95. The van der Waals surface area contributed by atoms with E-state index in [1.165, 1.54) is 25.3 Å². The number of anilines is 1. The molecule has 0 spiro atoms. The molecule has 0 radical (unpaired) electrons. The zero-order chi connectivity index (χ0) is 32.5. The Balaban J connectivity index is 1.42. The summed E-state index contributed by atoms with van der Waals surface area (Å²) >= 11 is 0. The molecule has 1 unspecified atom stereocenters. The van der Waals surface area contributed by atoms with Crippen LogP contribution in [0, 0.1) is 0 Å². The molecule has 3 aromatic rings. The largest absolute Gasteiger partial charge is 0.497 e. The molecule has 0 aliphatic carbocycles. The van der Waals surface area contributed by atoms with Crippen LogP contribution in [0.25, 0.3) is 0 Å². The van der Waals surface area contributed by atoms with E-state index in [1.54, 1.807) is 66.4 Å². The minimum atomic E-state index is -4.42. The summed E-state index contributed by atoms with van der Waals surface area (Å²) in [7, 11) is -0.814. The smallest absolute Gasteiger partial charge is 0.411 e. The summed E-state index contributed by atoms with van der Waals surface area (Å²) in [6.45, 7) is 6.35. The number of fused-ring (bicyclic) bond motifs is 1. The van der Waals surface area contributed by atoms with Crippen LogP contribution in [0.1, 0.15) is 30.9 Å². The molecule has 3 aliphatic rings. The third-order valence-corrected chi connectivity index (χ3v) is 10.9. The summed E-state index contributed by atoms with van der Waals surface area (Å²) in [6.07, 6.45) is 1.45. The van der Waals surface area contributed by atoms with E-state index in [9.17, 15) is 18.0 Å². The van der Waals surface area contributed by atoms with Crippen molar-refractivity contribution in [3.63, 3.8) is 0 Å². The lowest BCUT2D eigenvalue weighted by molar-refractivity contribution is -0.132. The number of nitrogens with zero attached hydrogens (tertiary/aromatic N) is 4. The third-order valence-electron chi connectivity index (χ3n) is 9.15. The van der Waals surface area contributed by atoms with Gasteiger partial charge in [-0.2, -0.15) is 4.31 Å². The first kappa shape index (κ1) is 31.8. The molecule has 12 heteroatoms. The van der Waals surface area contributed by atoms with Crippen LogP contribution < -0.4 is 13.8 Å². The Hall–Kier alpha value is -4.13. The van der Waals surface area contributed by atoms with Crippen LogP contribution in [0.5, 0.6) is 11.5 Å². The second-order valence-electron chi connectivity index (χ2n) is 11.8. The minimum absolute atomic E-state index is 0.0702. The topological polar surface area (TPSA) is 109 Å². The number of likely N-dealkylation sites (tertiary alicyclic amines) is 1. The average Bonchev–Trinajstić information content (AvgIpc) is 3.33. The molecule has 2 amide bonds. The molecular formula is C34H40N4O7S. The van der Waals surface area contributed by atoms with Gasteiger partial charge in [0.25, 0.3) is 15.9 Å². The van der Waals surface area contributed by atoms with Gasteiger partial charge in [-0.05, 0) is 76.3 Å². The number of hydrogen-bond acceptors (Lipinski definition) is 9. The molecule has 3 aliphatic heterocycles. The zero-order valence-electron chi connectivity index (χ0n) is 26.4. The number of carbonyl (C=O) groups excluding carboxylic acids is 2. The van der Waals surface area contributed by atoms with Gasteiger partial charge >= 0.3 is 6.09 Å². The number of sulfonamides is 1. The van der Waals surface area contributed by atoms with Gasteiger partial charge in [0, 0.05) is 37.8 Å². The normalized spacial score (nSPS) is 21.2. The van der Waals surface area contributed by atoms with Crippen LogP contribution in [-0.2, 0) is 25.2 Å². The van der Waals surface area contributed by atoms with Crippen molar-refractivity contribution in [1.29, 1.82) is 0 Å². The Morgan fingerprint density at radius 1 is 0.891 bits per heavy atom. The highest BCUT2D eigenvalue weighted by atomic mass is 32.2. The van der Waals surface area contributed by atoms with Gasteiger partial charge in [0.15, 0.2) is 0 Å². The van der Waals surface area contributed by atoms with Crippen LogP contribution >= 0.6 is 0 Å². The zero-order valence-corrected chi connectivity index (χ0v) is 27.2. The maximum absolute atomic E-state index is 14.9. The van der Waals surface area contributed by atoms with Gasteiger partial charge in [0.05, 0.1) is 29.9 Å². The van der Waals surface area contributed by atoms with Crippen LogP contribution in [0.4, 0.5) is 10.5 Å². The summed E-state index contributed by atoms with van der Waals surface area (Å²) in [5, 5.41) is 0. The van der Waals surface area contributed by atoms with Crippen LogP contribution in [0.15, 0.2) is 77.7 Å². The molecule has 0 N–H and O–H groups in total. The van der Waals surface area contributed by atoms with Crippen molar-refractivity contribution in [1.82, 2.24) is 14.7 Å². The molecule has 2 fully saturated rings. The number of methoxy groups -OCH3 is 1. The molecule has 244 valence electrons. The fourth-order valence-electron chi connectivity index (χ4n) is 6.68. The summed E-state index contributed by atoms with van der Waals surface area (Å²) in [6, 6.07) is 19.6. The van der Waals surface area contributed by atoms with Crippen molar-refractivity contribution in [2.24, 2.45) is 0 Å². The first-order valence-corrected chi connectivity index (χ1v) is 17.1. The lowest BCUT2D eigenvalue weighted by atomic mass is 9.86. The van der Waals surface area contributed by atoms with E-state index in [0.717, 1.165) is 30.2 Å². The lowest BCUT2D eigenvalue weighted by Crippen LogP contribution is -2.55. The summed E-state index contributed by atoms with van der Waals surface area (Å²) in [4.78, 5) is 35.3. The standard InChI is InChI=1S/C34H40N4O7S/c1-4-44-31-13-9-8-12-28(31)34(45-33(40)37-22-20-36(21-23-37)25-16-18-35(2)19-17-25)29-24-26(43-3)14-15-30(29)38(32(34)39)46(41,42)27-10-6-5-7-11-27/h5-15,24-25H,4,16-23H2,1-3H3. The third kappa shape index (κ3) is 5.58. The van der Waals surface area contributed by atoms with Gasteiger partial charge in [0.1, 0.15) is 11.5 Å². The summed E-state index contributed by atoms with van der Waals surface area (Å²) in [5.41, 5.74) is -1.72. The van der Waals surface area contributed by atoms with Gasteiger partial charge in [-0.25, -0.2) is 13.2 Å². The summed E-state index contributed by atoms with van der Waals surface area (Å²) in [5.74, 6) is -0.275. The molecule has 1 atom stereocenters. The van der Waals surface area contributed by atoms with E-state index < -0.39 is 27.6 Å². The van der Waals surface area contributed by atoms with Gasteiger partial charge < -0.3 is 24.0 Å². The van der Waals surface area contributed by atoms with E-state index in [0.29, 0.717) is 43.7 Å². The highest BCUT2D eigenvalue weighted by Gasteiger charge is 2.61. The highest BCUT2D eigenvalue weighted by Crippen LogP contribution is 2.52. The molecule has 3 heterocycles. The highest BCUT2D eigenvalue weighted by molar-refractivity contribution is 7.93. The molecule has 11 nitrogen and oxygen atoms in total. The summed E-state index contributed by atoms with van der Waals surface area (Å²) < 4.78 is 46.9. The Bertz CT molecular complexity index is 1690. The molecule has 3 aromatic carbocycles.